The van der Waals surface area contributed by atoms with Gasteiger partial charge in [-0.2, -0.15) is 0 Å². The minimum Gasteiger partial charge on any atom is -0.301 e. The van der Waals surface area contributed by atoms with Crippen LogP contribution >= 0.6 is 11.6 Å². The minimum absolute atomic E-state index is 0.518. The van der Waals surface area contributed by atoms with E-state index < -0.39 is 0 Å². The van der Waals surface area contributed by atoms with Crippen LogP contribution in [0.4, 0.5) is 0 Å². The second-order valence-corrected chi connectivity index (χ2v) is 5.78. The molecule has 0 N–H and O–H groups in total. The van der Waals surface area contributed by atoms with E-state index in [0.717, 1.165) is 12.4 Å². The van der Waals surface area contributed by atoms with E-state index in [-0.39, 0.29) is 0 Å². The summed E-state index contributed by atoms with van der Waals surface area (Å²) in [6.45, 7) is 3.30. The molecule has 0 unspecified atom stereocenters. The van der Waals surface area contributed by atoms with E-state index in [1.165, 1.54) is 38.5 Å². The van der Waals surface area contributed by atoms with Gasteiger partial charge in [0.1, 0.15) is 5.82 Å². The molecule has 3 rings (SSSR count). The van der Waals surface area contributed by atoms with Crippen molar-refractivity contribution in [1.29, 1.82) is 0 Å². The molecule has 0 aromatic carbocycles. The Morgan fingerprint density at radius 1 is 1.38 bits per heavy atom. The Hall–Kier alpha value is -0.570. The van der Waals surface area contributed by atoms with E-state index in [9.17, 15) is 0 Å². The van der Waals surface area contributed by atoms with E-state index in [1.54, 1.807) is 0 Å². The lowest BCUT2D eigenvalue weighted by Gasteiger charge is -2.16. The normalized spacial score (nSPS) is 22.4. The van der Waals surface area contributed by atoms with Crippen molar-refractivity contribution in [2.45, 2.75) is 57.9 Å². The molecule has 2 aliphatic carbocycles. The molecular formula is C12H18ClN3. The smallest absolute Gasteiger partial charge is 0.225 e. The molecule has 88 valence electrons. The third-order valence-corrected chi connectivity index (χ3v) is 4.19. The third kappa shape index (κ3) is 1.86. The molecule has 1 aromatic rings. The van der Waals surface area contributed by atoms with Crippen molar-refractivity contribution < 1.29 is 0 Å². The maximum absolute atomic E-state index is 6.14. The molecule has 1 aromatic heterocycles. The maximum atomic E-state index is 6.14. The quantitative estimate of drug-likeness (QED) is 0.789. The number of hydrogen-bond donors (Lipinski definition) is 0. The zero-order chi connectivity index (χ0) is 11.2. The first kappa shape index (κ1) is 10.6. The zero-order valence-corrected chi connectivity index (χ0v) is 10.5. The topological polar surface area (TPSA) is 30.7 Å². The van der Waals surface area contributed by atoms with Gasteiger partial charge in [-0.3, -0.25) is 0 Å². The molecule has 0 bridgehead atoms. The van der Waals surface area contributed by atoms with Crippen molar-refractivity contribution in [2.75, 3.05) is 0 Å². The average molecular weight is 240 g/mol. The molecule has 3 nitrogen and oxygen atoms in total. The van der Waals surface area contributed by atoms with Gasteiger partial charge in [0.05, 0.1) is 0 Å². The second kappa shape index (κ2) is 3.73. The highest BCUT2D eigenvalue weighted by atomic mass is 35.5. The molecule has 16 heavy (non-hydrogen) atoms. The summed E-state index contributed by atoms with van der Waals surface area (Å²) in [4.78, 5) is 0. The molecule has 0 amide bonds. The monoisotopic (exact) mass is 239 g/mol. The number of aromatic nitrogens is 3. The van der Waals surface area contributed by atoms with Crippen LogP contribution in [0.5, 0.6) is 0 Å². The highest BCUT2D eigenvalue weighted by Crippen LogP contribution is 2.52. The fourth-order valence-electron chi connectivity index (χ4n) is 2.61. The van der Waals surface area contributed by atoms with Crippen LogP contribution in [0.15, 0.2) is 0 Å². The molecule has 1 heterocycles. The summed E-state index contributed by atoms with van der Waals surface area (Å²) in [5.74, 6) is 1.77. The van der Waals surface area contributed by atoms with Crippen LogP contribution in [-0.4, -0.2) is 14.8 Å². The lowest BCUT2D eigenvalue weighted by Crippen LogP contribution is -2.14. The number of nitrogens with zero attached hydrogens (tertiary/aromatic N) is 3. The van der Waals surface area contributed by atoms with Gasteiger partial charge >= 0.3 is 0 Å². The SMILES string of the molecule is CCCC1(Cn2c(Cl)nnc2C2CC2)CC1. The van der Waals surface area contributed by atoms with E-state index >= 15 is 0 Å². The Balaban J connectivity index is 1.80. The van der Waals surface area contributed by atoms with Crippen LogP contribution < -0.4 is 0 Å². The highest BCUT2D eigenvalue weighted by molar-refractivity contribution is 6.28. The van der Waals surface area contributed by atoms with Gasteiger partial charge in [-0.15, -0.1) is 10.2 Å². The van der Waals surface area contributed by atoms with Gasteiger partial charge in [0.2, 0.25) is 5.28 Å². The van der Waals surface area contributed by atoms with Crippen LogP contribution in [-0.2, 0) is 6.54 Å². The predicted octanol–water partition coefficient (Wildman–Crippen LogP) is 3.39. The lowest BCUT2D eigenvalue weighted by molar-refractivity contribution is 0.381. The molecule has 0 atom stereocenters. The Morgan fingerprint density at radius 2 is 2.12 bits per heavy atom. The first-order chi connectivity index (χ1) is 7.74. The Morgan fingerprint density at radius 3 is 2.69 bits per heavy atom. The maximum Gasteiger partial charge on any atom is 0.225 e. The summed E-state index contributed by atoms with van der Waals surface area (Å²) < 4.78 is 2.17. The van der Waals surface area contributed by atoms with Crippen LogP contribution in [0.25, 0.3) is 0 Å². The molecule has 2 saturated carbocycles. The summed E-state index contributed by atoms with van der Waals surface area (Å²) in [6, 6.07) is 0. The van der Waals surface area contributed by atoms with E-state index in [4.69, 9.17) is 11.6 Å². The van der Waals surface area contributed by atoms with Crippen LogP contribution in [0.3, 0.4) is 0 Å². The minimum atomic E-state index is 0.518. The third-order valence-electron chi connectivity index (χ3n) is 3.91. The predicted molar refractivity (Wildman–Crippen MR) is 63.6 cm³/mol. The van der Waals surface area contributed by atoms with Gasteiger partial charge in [-0.25, -0.2) is 0 Å². The van der Waals surface area contributed by atoms with Gasteiger partial charge in [0.15, 0.2) is 0 Å². The number of hydrogen-bond acceptors (Lipinski definition) is 2. The zero-order valence-electron chi connectivity index (χ0n) is 9.75. The van der Waals surface area contributed by atoms with Crippen molar-refractivity contribution in [3.8, 4) is 0 Å². The highest BCUT2D eigenvalue weighted by Gasteiger charge is 2.43. The average Bonchev–Trinajstić information content (AvgIpc) is 3.14. The van der Waals surface area contributed by atoms with Gasteiger partial charge in [-0.05, 0) is 49.1 Å². The molecule has 0 radical (unpaired) electrons. The van der Waals surface area contributed by atoms with Gasteiger partial charge < -0.3 is 4.57 Å². The molecular weight excluding hydrogens is 222 g/mol. The Kier molecular flexibility index (Phi) is 2.46. The lowest BCUT2D eigenvalue weighted by atomic mass is 10.0. The number of halogens is 1. The van der Waals surface area contributed by atoms with Crippen molar-refractivity contribution in [3.05, 3.63) is 11.1 Å². The van der Waals surface area contributed by atoms with E-state index in [2.05, 4.69) is 21.7 Å². The Labute approximate surface area is 101 Å². The van der Waals surface area contributed by atoms with Crippen molar-refractivity contribution in [1.82, 2.24) is 14.8 Å². The van der Waals surface area contributed by atoms with Crippen LogP contribution in [0.2, 0.25) is 5.28 Å². The molecule has 0 saturated heterocycles. The second-order valence-electron chi connectivity index (χ2n) is 5.44. The van der Waals surface area contributed by atoms with Crippen LogP contribution in [0, 0.1) is 5.41 Å². The number of rotatable bonds is 5. The molecule has 0 spiro atoms. The summed E-state index contributed by atoms with van der Waals surface area (Å²) in [5.41, 5.74) is 0.518. The summed E-state index contributed by atoms with van der Waals surface area (Å²) >= 11 is 6.14. The largest absolute Gasteiger partial charge is 0.301 e. The molecule has 2 aliphatic rings. The van der Waals surface area contributed by atoms with Crippen molar-refractivity contribution in [2.24, 2.45) is 5.41 Å². The fourth-order valence-corrected chi connectivity index (χ4v) is 2.80. The molecule has 2 fully saturated rings. The first-order valence-corrected chi connectivity index (χ1v) is 6.70. The fraction of sp³-hybridized carbons (Fsp3) is 0.833. The van der Waals surface area contributed by atoms with Gasteiger partial charge in [0.25, 0.3) is 0 Å². The summed E-state index contributed by atoms with van der Waals surface area (Å²) in [6.07, 6.45) is 7.79. The van der Waals surface area contributed by atoms with Crippen LogP contribution in [0.1, 0.15) is 57.2 Å². The standard InChI is InChI=1S/C12H18ClN3/c1-2-5-12(6-7-12)8-16-10(9-3-4-9)14-15-11(16)13/h9H,2-8H2,1H3. The van der Waals surface area contributed by atoms with E-state index in [1.807, 2.05) is 0 Å². The summed E-state index contributed by atoms with van der Waals surface area (Å²) in [7, 11) is 0. The van der Waals surface area contributed by atoms with Gasteiger partial charge in [-0.1, -0.05) is 13.3 Å². The summed E-state index contributed by atoms with van der Waals surface area (Å²) in [5, 5.41) is 8.85. The van der Waals surface area contributed by atoms with Gasteiger partial charge in [0, 0.05) is 12.5 Å². The Bertz CT molecular complexity index is 391. The molecule has 4 heteroatoms. The van der Waals surface area contributed by atoms with E-state index in [0.29, 0.717) is 16.6 Å². The van der Waals surface area contributed by atoms with Crippen molar-refractivity contribution in [3.63, 3.8) is 0 Å². The molecule has 0 aliphatic heterocycles. The first-order valence-electron chi connectivity index (χ1n) is 6.33. The van der Waals surface area contributed by atoms with Crippen molar-refractivity contribution >= 4 is 11.6 Å².